The molecule has 3 unspecified atom stereocenters. The molecule has 1 aromatic rings. The Kier molecular flexibility index (Phi) is 5.99. The van der Waals surface area contributed by atoms with Crippen molar-refractivity contribution < 1.29 is 0 Å². The van der Waals surface area contributed by atoms with Crippen LogP contribution in [0, 0.1) is 11.8 Å². The van der Waals surface area contributed by atoms with E-state index in [1.807, 2.05) is 12.3 Å². The molecule has 0 amide bonds. The summed E-state index contributed by atoms with van der Waals surface area (Å²) in [5, 5.41) is 3.68. The van der Waals surface area contributed by atoms with E-state index in [1.165, 1.54) is 31.5 Å². The molecular weight excluding hydrogens is 246 g/mol. The zero-order valence-corrected chi connectivity index (χ0v) is 13.2. The van der Waals surface area contributed by atoms with Crippen LogP contribution in [0.4, 0.5) is 0 Å². The van der Waals surface area contributed by atoms with E-state index in [9.17, 15) is 0 Å². The summed E-state index contributed by atoms with van der Waals surface area (Å²) in [6.07, 6.45) is 5.94. The molecule has 1 N–H and O–H groups in total. The molecule has 2 rings (SSSR count). The van der Waals surface area contributed by atoms with Crippen LogP contribution in [0.1, 0.15) is 38.8 Å². The summed E-state index contributed by atoms with van der Waals surface area (Å²) in [4.78, 5) is 6.85. The van der Waals surface area contributed by atoms with Gasteiger partial charge in [0.2, 0.25) is 0 Å². The minimum absolute atomic E-state index is 0.697. The minimum atomic E-state index is 0.697. The van der Waals surface area contributed by atoms with Gasteiger partial charge in [0, 0.05) is 25.3 Å². The smallest absolute Gasteiger partial charge is 0.0543 e. The van der Waals surface area contributed by atoms with Crippen molar-refractivity contribution >= 4 is 0 Å². The van der Waals surface area contributed by atoms with E-state index in [-0.39, 0.29) is 0 Å². The topological polar surface area (TPSA) is 28.2 Å². The zero-order chi connectivity index (χ0) is 14.4. The van der Waals surface area contributed by atoms with Crippen molar-refractivity contribution in [2.75, 3.05) is 20.1 Å². The van der Waals surface area contributed by atoms with Gasteiger partial charge in [0.05, 0.1) is 5.69 Å². The molecule has 0 aromatic carbocycles. The van der Waals surface area contributed by atoms with Gasteiger partial charge in [0.1, 0.15) is 0 Å². The highest BCUT2D eigenvalue weighted by molar-refractivity contribution is 5.03. The van der Waals surface area contributed by atoms with Gasteiger partial charge in [0.25, 0.3) is 0 Å². The van der Waals surface area contributed by atoms with Crippen LogP contribution >= 0.6 is 0 Å². The number of aromatic nitrogens is 1. The Balaban J connectivity index is 1.88. The number of hydrogen-bond acceptors (Lipinski definition) is 3. The summed E-state index contributed by atoms with van der Waals surface area (Å²) >= 11 is 0. The van der Waals surface area contributed by atoms with Gasteiger partial charge in [-0.1, -0.05) is 19.9 Å². The average Bonchev–Trinajstić information content (AvgIpc) is 2.43. The highest BCUT2D eigenvalue weighted by atomic mass is 15.1. The van der Waals surface area contributed by atoms with Gasteiger partial charge in [-0.15, -0.1) is 0 Å². The van der Waals surface area contributed by atoms with Crippen LogP contribution in [-0.4, -0.2) is 36.1 Å². The van der Waals surface area contributed by atoms with Crippen molar-refractivity contribution in [2.24, 2.45) is 11.8 Å². The molecule has 1 aromatic heterocycles. The van der Waals surface area contributed by atoms with Gasteiger partial charge in [-0.05, 0) is 56.8 Å². The first kappa shape index (κ1) is 15.5. The Hall–Kier alpha value is -0.930. The van der Waals surface area contributed by atoms with Gasteiger partial charge in [-0.3, -0.25) is 4.98 Å². The molecule has 1 saturated carbocycles. The summed E-state index contributed by atoms with van der Waals surface area (Å²) in [5.41, 5.74) is 1.17. The maximum absolute atomic E-state index is 4.42. The zero-order valence-electron chi connectivity index (χ0n) is 13.2. The Labute approximate surface area is 123 Å². The van der Waals surface area contributed by atoms with Crippen LogP contribution in [0.3, 0.4) is 0 Å². The quantitative estimate of drug-likeness (QED) is 0.865. The standard InChI is InChI=1S/C17H29N3/c1-4-18-17-9-8-14(2)11-15(17)12-20(3)13-16-7-5-6-10-19-16/h5-7,10,14-15,17-18H,4,8-9,11-13H2,1-3H3. The monoisotopic (exact) mass is 275 g/mol. The van der Waals surface area contributed by atoms with E-state index in [1.54, 1.807) is 0 Å². The second-order valence-corrected chi connectivity index (χ2v) is 6.36. The Bertz CT molecular complexity index is 379. The van der Waals surface area contributed by atoms with Crippen molar-refractivity contribution in [3.63, 3.8) is 0 Å². The van der Waals surface area contributed by atoms with Gasteiger partial charge >= 0.3 is 0 Å². The van der Waals surface area contributed by atoms with Gasteiger partial charge in [-0.2, -0.15) is 0 Å². The summed E-state index contributed by atoms with van der Waals surface area (Å²) in [7, 11) is 2.22. The molecule has 3 atom stereocenters. The largest absolute Gasteiger partial charge is 0.314 e. The Morgan fingerprint density at radius 2 is 2.20 bits per heavy atom. The second kappa shape index (κ2) is 7.75. The van der Waals surface area contributed by atoms with Gasteiger partial charge in [0.15, 0.2) is 0 Å². The SMILES string of the molecule is CCNC1CCC(C)CC1CN(C)Cc1ccccn1. The molecule has 0 bridgehead atoms. The lowest BCUT2D eigenvalue weighted by molar-refractivity contribution is 0.157. The summed E-state index contributed by atoms with van der Waals surface area (Å²) < 4.78 is 0. The number of hydrogen-bond donors (Lipinski definition) is 1. The minimum Gasteiger partial charge on any atom is -0.314 e. The van der Waals surface area contributed by atoms with Crippen molar-refractivity contribution in [1.82, 2.24) is 15.2 Å². The van der Waals surface area contributed by atoms with Crippen molar-refractivity contribution in [2.45, 2.75) is 45.7 Å². The molecule has 0 saturated heterocycles. The highest BCUT2D eigenvalue weighted by Crippen LogP contribution is 2.29. The normalized spacial score (nSPS) is 26.9. The molecule has 1 aliphatic rings. The third-order valence-corrected chi connectivity index (χ3v) is 4.42. The third kappa shape index (κ3) is 4.57. The van der Waals surface area contributed by atoms with E-state index in [0.29, 0.717) is 6.04 Å². The highest BCUT2D eigenvalue weighted by Gasteiger charge is 2.28. The van der Waals surface area contributed by atoms with E-state index in [2.05, 4.69) is 48.2 Å². The van der Waals surface area contributed by atoms with Crippen LogP contribution in [0.2, 0.25) is 0 Å². The molecular formula is C17H29N3. The average molecular weight is 275 g/mol. The fourth-order valence-corrected chi connectivity index (χ4v) is 3.46. The lowest BCUT2D eigenvalue weighted by Gasteiger charge is -2.37. The fourth-order valence-electron chi connectivity index (χ4n) is 3.46. The first-order chi connectivity index (χ1) is 9.69. The third-order valence-electron chi connectivity index (χ3n) is 4.42. The Morgan fingerprint density at radius 1 is 1.35 bits per heavy atom. The molecule has 1 fully saturated rings. The molecule has 3 nitrogen and oxygen atoms in total. The predicted octanol–water partition coefficient (Wildman–Crippen LogP) is 2.93. The molecule has 112 valence electrons. The predicted molar refractivity (Wildman–Crippen MR) is 84.5 cm³/mol. The number of pyridine rings is 1. The van der Waals surface area contributed by atoms with E-state index in [0.717, 1.165) is 24.9 Å². The second-order valence-electron chi connectivity index (χ2n) is 6.36. The Morgan fingerprint density at radius 3 is 2.90 bits per heavy atom. The summed E-state index contributed by atoms with van der Waals surface area (Å²) in [6, 6.07) is 6.86. The number of rotatable bonds is 6. The van der Waals surface area contributed by atoms with E-state index < -0.39 is 0 Å². The van der Waals surface area contributed by atoms with Crippen LogP contribution < -0.4 is 5.32 Å². The van der Waals surface area contributed by atoms with Crippen LogP contribution in [0.5, 0.6) is 0 Å². The maximum atomic E-state index is 4.42. The summed E-state index contributed by atoms with van der Waals surface area (Å²) in [6.45, 7) is 7.81. The first-order valence-corrected chi connectivity index (χ1v) is 8.00. The lowest BCUT2D eigenvalue weighted by Crippen LogP contribution is -2.44. The maximum Gasteiger partial charge on any atom is 0.0543 e. The van der Waals surface area contributed by atoms with Crippen molar-refractivity contribution in [1.29, 1.82) is 0 Å². The molecule has 3 heteroatoms. The molecule has 0 aliphatic heterocycles. The first-order valence-electron chi connectivity index (χ1n) is 8.00. The number of nitrogens with zero attached hydrogens (tertiary/aromatic N) is 2. The van der Waals surface area contributed by atoms with Crippen molar-refractivity contribution in [3.05, 3.63) is 30.1 Å². The van der Waals surface area contributed by atoms with Crippen LogP contribution in [0.25, 0.3) is 0 Å². The van der Waals surface area contributed by atoms with Crippen molar-refractivity contribution in [3.8, 4) is 0 Å². The molecule has 20 heavy (non-hydrogen) atoms. The van der Waals surface area contributed by atoms with Gasteiger partial charge in [-0.25, -0.2) is 0 Å². The summed E-state index contributed by atoms with van der Waals surface area (Å²) in [5.74, 6) is 1.64. The molecule has 0 spiro atoms. The van der Waals surface area contributed by atoms with Crippen LogP contribution in [0.15, 0.2) is 24.4 Å². The lowest BCUT2D eigenvalue weighted by atomic mass is 9.78. The fraction of sp³-hybridized carbons (Fsp3) is 0.706. The van der Waals surface area contributed by atoms with Gasteiger partial charge < -0.3 is 10.2 Å². The number of nitrogens with one attached hydrogen (secondary N) is 1. The van der Waals surface area contributed by atoms with Crippen LogP contribution in [-0.2, 0) is 6.54 Å². The molecule has 0 radical (unpaired) electrons. The molecule has 1 aliphatic carbocycles. The van der Waals surface area contributed by atoms with E-state index in [4.69, 9.17) is 0 Å². The van der Waals surface area contributed by atoms with E-state index >= 15 is 0 Å². The molecule has 1 heterocycles.